The quantitative estimate of drug-likeness (QED) is 0.534. The first-order chi connectivity index (χ1) is 7.35. The SMILES string of the molecule is NCC#Cc1cc2c(cc1C=O)OCO2. The van der Waals surface area contributed by atoms with Crippen molar-refractivity contribution < 1.29 is 14.3 Å². The van der Waals surface area contributed by atoms with Crippen LogP contribution in [0.5, 0.6) is 11.5 Å². The van der Waals surface area contributed by atoms with Crippen LogP contribution in [0.15, 0.2) is 12.1 Å². The first-order valence-corrected chi connectivity index (χ1v) is 4.43. The van der Waals surface area contributed by atoms with Crippen molar-refractivity contribution in [1.29, 1.82) is 0 Å². The molecular formula is C11H9NO3. The van der Waals surface area contributed by atoms with E-state index in [2.05, 4.69) is 11.8 Å². The Morgan fingerprint density at radius 3 is 2.80 bits per heavy atom. The van der Waals surface area contributed by atoms with Crippen LogP contribution in [0.4, 0.5) is 0 Å². The van der Waals surface area contributed by atoms with Crippen LogP contribution in [-0.2, 0) is 0 Å². The minimum absolute atomic E-state index is 0.182. The monoisotopic (exact) mass is 203 g/mol. The van der Waals surface area contributed by atoms with E-state index in [1.54, 1.807) is 12.1 Å². The molecular weight excluding hydrogens is 194 g/mol. The van der Waals surface area contributed by atoms with E-state index in [0.717, 1.165) is 6.29 Å². The van der Waals surface area contributed by atoms with Crippen molar-refractivity contribution in [2.45, 2.75) is 0 Å². The lowest BCUT2D eigenvalue weighted by atomic mass is 10.1. The zero-order valence-corrected chi connectivity index (χ0v) is 7.95. The fourth-order valence-corrected chi connectivity index (χ4v) is 1.31. The molecule has 15 heavy (non-hydrogen) atoms. The van der Waals surface area contributed by atoms with Crippen LogP contribution < -0.4 is 15.2 Å². The Hall–Kier alpha value is -1.99. The average Bonchev–Trinajstić information content (AvgIpc) is 2.71. The van der Waals surface area contributed by atoms with Crippen LogP contribution in [0.25, 0.3) is 0 Å². The van der Waals surface area contributed by atoms with Crippen LogP contribution in [0.2, 0.25) is 0 Å². The molecule has 76 valence electrons. The van der Waals surface area contributed by atoms with Crippen molar-refractivity contribution in [2.24, 2.45) is 5.73 Å². The molecule has 0 fully saturated rings. The summed E-state index contributed by atoms with van der Waals surface area (Å²) < 4.78 is 10.3. The molecule has 0 unspecified atom stereocenters. The number of hydrogen-bond donors (Lipinski definition) is 1. The van der Waals surface area contributed by atoms with Gasteiger partial charge in [-0.3, -0.25) is 4.79 Å². The molecule has 1 aromatic rings. The van der Waals surface area contributed by atoms with Gasteiger partial charge in [0, 0.05) is 17.2 Å². The number of nitrogens with two attached hydrogens (primary N) is 1. The molecule has 1 heterocycles. The van der Waals surface area contributed by atoms with E-state index in [9.17, 15) is 4.79 Å². The number of carbonyl (C=O) groups is 1. The highest BCUT2D eigenvalue weighted by molar-refractivity contribution is 5.81. The number of ether oxygens (including phenoxy) is 2. The molecule has 0 aromatic heterocycles. The molecule has 1 aromatic carbocycles. The summed E-state index contributed by atoms with van der Waals surface area (Å²) >= 11 is 0. The van der Waals surface area contributed by atoms with Gasteiger partial charge in [0.2, 0.25) is 6.79 Å². The highest BCUT2D eigenvalue weighted by atomic mass is 16.7. The summed E-state index contributed by atoms with van der Waals surface area (Å²) in [5.41, 5.74) is 6.36. The summed E-state index contributed by atoms with van der Waals surface area (Å²) in [7, 11) is 0. The second-order valence-electron chi connectivity index (χ2n) is 2.92. The number of rotatable bonds is 1. The first-order valence-electron chi connectivity index (χ1n) is 4.43. The molecule has 0 radical (unpaired) electrons. The lowest BCUT2D eigenvalue weighted by molar-refractivity contribution is 0.112. The molecule has 0 amide bonds. The maximum Gasteiger partial charge on any atom is 0.231 e. The van der Waals surface area contributed by atoms with Crippen molar-refractivity contribution >= 4 is 6.29 Å². The molecule has 4 heteroatoms. The fraction of sp³-hybridized carbons (Fsp3) is 0.182. The maximum absolute atomic E-state index is 10.8. The summed E-state index contributed by atoms with van der Waals surface area (Å²) in [6.45, 7) is 0.439. The Morgan fingerprint density at radius 2 is 2.13 bits per heavy atom. The van der Waals surface area contributed by atoms with Crippen molar-refractivity contribution in [3.63, 3.8) is 0 Å². The van der Waals surface area contributed by atoms with Crippen LogP contribution in [-0.4, -0.2) is 19.6 Å². The number of hydrogen-bond acceptors (Lipinski definition) is 4. The Balaban J connectivity index is 2.48. The Labute approximate surface area is 87.0 Å². The lowest BCUT2D eigenvalue weighted by Gasteiger charge is -1.99. The van der Waals surface area contributed by atoms with Crippen molar-refractivity contribution in [2.75, 3.05) is 13.3 Å². The number of benzene rings is 1. The van der Waals surface area contributed by atoms with Crippen LogP contribution >= 0.6 is 0 Å². The normalized spacial score (nSPS) is 11.8. The predicted molar refractivity (Wildman–Crippen MR) is 53.9 cm³/mol. The van der Waals surface area contributed by atoms with Crippen LogP contribution in [0.1, 0.15) is 15.9 Å². The molecule has 1 aliphatic rings. The molecule has 0 spiro atoms. The molecule has 1 aliphatic heterocycles. The van der Waals surface area contributed by atoms with Gasteiger partial charge in [-0.2, -0.15) is 0 Å². The number of aldehydes is 1. The van der Waals surface area contributed by atoms with Gasteiger partial charge in [0.05, 0.1) is 6.54 Å². The molecule has 0 atom stereocenters. The van der Waals surface area contributed by atoms with Gasteiger partial charge in [-0.05, 0) is 6.07 Å². The minimum Gasteiger partial charge on any atom is -0.454 e. The molecule has 0 bridgehead atoms. The van der Waals surface area contributed by atoms with Gasteiger partial charge in [-0.25, -0.2) is 0 Å². The zero-order valence-electron chi connectivity index (χ0n) is 7.95. The summed E-state index contributed by atoms with van der Waals surface area (Å²) in [5.74, 6) is 6.70. The summed E-state index contributed by atoms with van der Waals surface area (Å²) in [6.07, 6.45) is 0.739. The van der Waals surface area contributed by atoms with E-state index in [1.807, 2.05) is 0 Å². The van der Waals surface area contributed by atoms with Gasteiger partial charge in [0.15, 0.2) is 17.8 Å². The molecule has 0 saturated carbocycles. The standard InChI is InChI=1S/C11H9NO3/c12-3-1-2-8-4-10-11(15-7-14-10)5-9(8)6-13/h4-6H,3,7,12H2. The third kappa shape index (κ3) is 1.78. The molecule has 0 aliphatic carbocycles. The maximum atomic E-state index is 10.8. The van der Waals surface area contributed by atoms with Gasteiger partial charge in [-0.15, -0.1) is 0 Å². The van der Waals surface area contributed by atoms with Gasteiger partial charge >= 0.3 is 0 Å². The lowest BCUT2D eigenvalue weighted by Crippen LogP contribution is -1.94. The van der Waals surface area contributed by atoms with Crippen molar-refractivity contribution in [3.05, 3.63) is 23.3 Å². The smallest absolute Gasteiger partial charge is 0.231 e. The number of fused-ring (bicyclic) bond motifs is 1. The molecule has 0 saturated heterocycles. The third-order valence-electron chi connectivity index (χ3n) is 2.00. The van der Waals surface area contributed by atoms with Crippen LogP contribution in [0, 0.1) is 11.8 Å². The summed E-state index contributed by atoms with van der Waals surface area (Å²) in [6, 6.07) is 3.31. The predicted octanol–water partition coefficient (Wildman–Crippen LogP) is 0.538. The van der Waals surface area contributed by atoms with E-state index in [-0.39, 0.29) is 13.3 Å². The average molecular weight is 203 g/mol. The molecule has 2 N–H and O–H groups in total. The highest BCUT2D eigenvalue weighted by Crippen LogP contribution is 2.33. The Bertz CT molecular complexity index is 457. The Morgan fingerprint density at radius 1 is 1.40 bits per heavy atom. The second-order valence-corrected chi connectivity index (χ2v) is 2.92. The highest BCUT2D eigenvalue weighted by Gasteiger charge is 2.15. The largest absolute Gasteiger partial charge is 0.454 e. The molecule has 4 nitrogen and oxygen atoms in total. The fourth-order valence-electron chi connectivity index (χ4n) is 1.31. The Kier molecular flexibility index (Phi) is 2.57. The van der Waals surface area contributed by atoms with Crippen molar-refractivity contribution in [1.82, 2.24) is 0 Å². The first kappa shape index (κ1) is 9.56. The van der Waals surface area contributed by atoms with E-state index < -0.39 is 0 Å². The molecule has 2 rings (SSSR count). The van der Waals surface area contributed by atoms with E-state index in [1.165, 1.54) is 0 Å². The van der Waals surface area contributed by atoms with E-state index >= 15 is 0 Å². The summed E-state index contributed by atoms with van der Waals surface area (Å²) in [5, 5.41) is 0. The second kappa shape index (κ2) is 4.03. The van der Waals surface area contributed by atoms with E-state index in [0.29, 0.717) is 22.6 Å². The van der Waals surface area contributed by atoms with Gasteiger partial charge in [0.25, 0.3) is 0 Å². The topological polar surface area (TPSA) is 61.6 Å². The van der Waals surface area contributed by atoms with Crippen molar-refractivity contribution in [3.8, 4) is 23.3 Å². The van der Waals surface area contributed by atoms with Crippen LogP contribution in [0.3, 0.4) is 0 Å². The summed E-state index contributed by atoms with van der Waals surface area (Å²) in [4.78, 5) is 10.8. The minimum atomic E-state index is 0.182. The van der Waals surface area contributed by atoms with Gasteiger partial charge < -0.3 is 15.2 Å². The van der Waals surface area contributed by atoms with Gasteiger partial charge in [0.1, 0.15) is 0 Å². The zero-order chi connectivity index (χ0) is 10.7. The third-order valence-corrected chi connectivity index (χ3v) is 2.00. The van der Waals surface area contributed by atoms with E-state index in [4.69, 9.17) is 15.2 Å². The van der Waals surface area contributed by atoms with Gasteiger partial charge in [-0.1, -0.05) is 11.8 Å². The number of carbonyl (C=O) groups excluding carboxylic acids is 1.